The monoisotopic (exact) mass is 442 g/mol. The molecule has 0 spiro atoms. The fourth-order valence-electron chi connectivity index (χ4n) is 4.51. The molecule has 0 bridgehead atoms. The lowest BCUT2D eigenvalue weighted by Crippen LogP contribution is -2.51. The molecule has 0 radical (unpaired) electrons. The highest BCUT2D eigenvalue weighted by Crippen LogP contribution is 2.34. The van der Waals surface area contributed by atoms with Gasteiger partial charge in [0.1, 0.15) is 11.8 Å². The average molecular weight is 443 g/mol. The van der Waals surface area contributed by atoms with Crippen LogP contribution in [0.3, 0.4) is 0 Å². The van der Waals surface area contributed by atoms with Crippen molar-refractivity contribution in [1.29, 1.82) is 0 Å². The molecule has 2 aromatic rings. The molecular formula is C24H31ClN4O2. The molecule has 4 rings (SSSR count). The molecule has 7 heteroatoms. The van der Waals surface area contributed by atoms with Crippen molar-refractivity contribution in [2.24, 2.45) is 5.10 Å². The Morgan fingerprint density at radius 1 is 1.16 bits per heavy atom. The van der Waals surface area contributed by atoms with Gasteiger partial charge in [-0.05, 0) is 49.6 Å². The van der Waals surface area contributed by atoms with E-state index in [4.69, 9.17) is 21.1 Å². The number of nitrogens with one attached hydrogen (secondary N) is 1. The molecule has 1 fully saturated rings. The number of furan rings is 1. The van der Waals surface area contributed by atoms with E-state index in [1.807, 2.05) is 43.3 Å². The maximum atomic E-state index is 13.5. The van der Waals surface area contributed by atoms with Crippen molar-refractivity contribution in [3.63, 3.8) is 0 Å². The molecular weight excluding hydrogens is 412 g/mol. The van der Waals surface area contributed by atoms with Crippen LogP contribution in [0.2, 0.25) is 5.02 Å². The highest BCUT2D eigenvalue weighted by molar-refractivity contribution is 6.30. The molecule has 6 nitrogen and oxygen atoms in total. The molecule has 1 saturated heterocycles. The summed E-state index contributed by atoms with van der Waals surface area (Å²) in [6.45, 7) is 8.16. The van der Waals surface area contributed by atoms with E-state index in [0.717, 1.165) is 43.0 Å². The van der Waals surface area contributed by atoms with Crippen LogP contribution >= 0.6 is 11.6 Å². The van der Waals surface area contributed by atoms with E-state index in [1.165, 1.54) is 0 Å². The number of likely N-dealkylation sites (tertiary alicyclic amines) is 1. The van der Waals surface area contributed by atoms with Crippen molar-refractivity contribution in [3.05, 3.63) is 59.0 Å². The van der Waals surface area contributed by atoms with E-state index in [1.54, 1.807) is 11.3 Å². The van der Waals surface area contributed by atoms with Crippen LogP contribution in [0.4, 0.5) is 0 Å². The Hall–Kier alpha value is -2.15. The first-order chi connectivity index (χ1) is 14.9. The van der Waals surface area contributed by atoms with E-state index >= 15 is 0 Å². The van der Waals surface area contributed by atoms with Gasteiger partial charge in [0.25, 0.3) is 5.91 Å². The second-order valence-electron chi connectivity index (χ2n) is 8.78. The van der Waals surface area contributed by atoms with E-state index in [9.17, 15) is 4.79 Å². The Labute approximate surface area is 189 Å². The minimum absolute atomic E-state index is 0.0145. The van der Waals surface area contributed by atoms with Gasteiger partial charge in [0, 0.05) is 36.6 Å². The van der Waals surface area contributed by atoms with Crippen LogP contribution in [0.5, 0.6) is 0 Å². The lowest BCUT2D eigenvalue weighted by atomic mass is 10.0. The van der Waals surface area contributed by atoms with Crippen LogP contribution in [-0.4, -0.2) is 52.7 Å². The van der Waals surface area contributed by atoms with Gasteiger partial charge in [0.15, 0.2) is 0 Å². The third-order valence-electron chi connectivity index (χ3n) is 6.19. The number of benzene rings is 1. The first-order valence-corrected chi connectivity index (χ1v) is 11.5. The summed E-state index contributed by atoms with van der Waals surface area (Å²) in [5.41, 5.74) is 1.85. The van der Waals surface area contributed by atoms with Gasteiger partial charge in [-0.1, -0.05) is 37.6 Å². The Morgan fingerprint density at radius 2 is 1.87 bits per heavy atom. The van der Waals surface area contributed by atoms with Crippen LogP contribution in [0.15, 0.2) is 52.2 Å². The predicted molar refractivity (Wildman–Crippen MR) is 123 cm³/mol. The zero-order valence-electron chi connectivity index (χ0n) is 18.4. The number of piperidine rings is 1. The van der Waals surface area contributed by atoms with Crippen LogP contribution in [0, 0.1) is 0 Å². The Morgan fingerprint density at radius 3 is 2.48 bits per heavy atom. The number of amides is 1. The Kier molecular flexibility index (Phi) is 6.80. The number of carbonyl (C=O) groups excluding carboxylic acids is 1. The average Bonchev–Trinajstić information content (AvgIpc) is 3.43. The third kappa shape index (κ3) is 5.03. The van der Waals surface area contributed by atoms with Gasteiger partial charge in [-0.3, -0.25) is 9.69 Å². The van der Waals surface area contributed by atoms with Gasteiger partial charge < -0.3 is 9.73 Å². The summed E-state index contributed by atoms with van der Waals surface area (Å²) < 4.78 is 5.67. The van der Waals surface area contributed by atoms with Gasteiger partial charge in [-0.25, -0.2) is 5.01 Å². The molecule has 3 heterocycles. The summed E-state index contributed by atoms with van der Waals surface area (Å²) in [5, 5.41) is 10.7. The van der Waals surface area contributed by atoms with Gasteiger partial charge in [-0.2, -0.15) is 5.10 Å². The lowest BCUT2D eigenvalue weighted by molar-refractivity contribution is -0.139. The largest absolute Gasteiger partial charge is 0.467 e. The molecule has 2 aliphatic rings. The number of rotatable bonds is 6. The minimum Gasteiger partial charge on any atom is -0.467 e. The van der Waals surface area contributed by atoms with Crippen molar-refractivity contribution < 1.29 is 9.21 Å². The van der Waals surface area contributed by atoms with Crippen molar-refractivity contribution >= 4 is 23.2 Å². The summed E-state index contributed by atoms with van der Waals surface area (Å²) in [5.74, 6) is 0.772. The Bertz CT molecular complexity index is 902. The predicted octanol–water partition coefficient (Wildman–Crippen LogP) is 4.46. The van der Waals surface area contributed by atoms with Crippen molar-refractivity contribution in [3.8, 4) is 0 Å². The van der Waals surface area contributed by atoms with Gasteiger partial charge in [0.2, 0.25) is 0 Å². The first kappa shape index (κ1) is 22.1. The number of nitrogens with zero attached hydrogens (tertiary/aromatic N) is 3. The van der Waals surface area contributed by atoms with Crippen molar-refractivity contribution in [1.82, 2.24) is 15.2 Å². The highest BCUT2D eigenvalue weighted by atomic mass is 35.5. The summed E-state index contributed by atoms with van der Waals surface area (Å²) in [6, 6.07) is 11.9. The van der Waals surface area contributed by atoms with Crippen LogP contribution in [0.1, 0.15) is 57.4 Å². The number of hydrazone groups is 1. The molecule has 1 aromatic heterocycles. The first-order valence-electron chi connectivity index (χ1n) is 11.1. The molecule has 1 aromatic carbocycles. The second kappa shape index (κ2) is 9.55. The highest BCUT2D eigenvalue weighted by Gasteiger charge is 2.38. The van der Waals surface area contributed by atoms with E-state index in [2.05, 4.69) is 24.1 Å². The lowest BCUT2D eigenvalue weighted by Gasteiger charge is -2.37. The fraction of sp³-hybridized carbons (Fsp3) is 0.500. The Balaban J connectivity index is 1.50. The number of halogens is 1. The van der Waals surface area contributed by atoms with Crippen LogP contribution < -0.4 is 5.32 Å². The molecule has 1 N–H and O–H groups in total. The van der Waals surface area contributed by atoms with E-state index in [-0.39, 0.29) is 18.0 Å². The summed E-state index contributed by atoms with van der Waals surface area (Å²) in [7, 11) is 0. The van der Waals surface area contributed by atoms with E-state index < -0.39 is 0 Å². The van der Waals surface area contributed by atoms with E-state index in [0.29, 0.717) is 23.5 Å². The van der Waals surface area contributed by atoms with Gasteiger partial charge >= 0.3 is 0 Å². The molecule has 2 aliphatic heterocycles. The zero-order valence-corrected chi connectivity index (χ0v) is 19.2. The molecule has 0 aliphatic carbocycles. The second-order valence-corrected chi connectivity index (χ2v) is 9.22. The molecule has 1 amide bonds. The normalized spacial score (nSPS) is 21.5. The number of hydrogen-bond donors (Lipinski definition) is 1. The molecule has 2 unspecified atom stereocenters. The van der Waals surface area contributed by atoms with Gasteiger partial charge in [0.05, 0.1) is 18.0 Å². The summed E-state index contributed by atoms with van der Waals surface area (Å²) in [6.07, 6.45) is 4.37. The SMILES string of the molecule is CC(C)NC1CCN(C(C)C(=O)N2N=C(c3ccc(Cl)cc3)CC2c2ccco2)CC1. The van der Waals surface area contributed by atoms with Gasteiger partial charge in [-0.15, -0.1) is 0 Å². The molecule has 2 atom stereocenters. The smallest absolute Gasteiger partial charge is 0.260 e. The summed E-state index contributed by atoms with van der Waals surface area (Å²) in [4.78, 5) is 15.8. The molecule has 31 heavy (non-hydrogen) atoms. The molecule has 166 valence electrons. The quantitative estimate of drug-likeness (QED) is 0.717. The zero-order chi connectivity index (χ0) is 22.0. The number of carbonyl (C=O) groups is 1. The standard InChI is InChI=1S/C24H31ClN4O2/c1-16(2)26-20-10-12-28(13-11-20)17(3)24(30)29-22(23-5-4-14-31-23)15-21(27-29)18-6-8-19(25)9-7-18/h4-9,14,16-17,20,22,26H,10-13,15H2,1-3H3. The molecule has 0 saturated carbocycles. The summed E-state index contributed by atoms with van der Waals surface area (Å²) >= 11 is 6.04. The topological polar surface area (TPSA) is 61.1 Å². The fourth-order valence-corrected chi connectivity index (χ4v) is 4.63. The minimum atomic E-state index is -0.231. The third-order valence-corrected chi connectivity index (χ3v) is 6.44. The van der Waals surface area contributed by atoms with Crippen molar-refractivity contribution in [2.45, 2.75) is 64.2 Å². The number of hydrogen-bond acceptors (Lipinski definition) is 5. The van der Waals surface area contributed by atoms with Crippen LogP contribution in [-0.2, 0) is 4.79 Å². The maximum Gasteiger partial charge on any atom is 0.260 e. The maximum absolute atomic E-state index is 13.5. The van der Waals surface area contributed by atoms with Crippen molar-refractivity contribution in [2.75, 3.05) is 13.1 Å². The van der Waals surface area contributed by atoms with Crippen LogP contribution in [0.25, 0.3) is 0 Å².